The Labute approximate surface area is 235 Å². The van der Waals surface area contributed by atoms with Crippen LogP contribution < -0.4 is 15.9 Å². The fraction of sp³-hybridized carbons (Fsp3) is 0.731. The summed E-state index contributed by atoms with van der Waals surface area (Å²) in [6.07, 6.45) is 8.65. The Morgan fingerprint density at radius 2 is 1.95 bits per heavy atom. The molecule has 2 aromatic rings. The molecule has 3 rings (SSSR count). The molecule has 0 aromatic carbocycles. The number of anilines is 1. The molecule has 0 saturated heterocycles. The highest BCUT2D eigenvalue weighted by molar-refractivity contribution is 7.59. The lowest BCUT2D eigenvalue weighted by Gasteiger charge is -2.33. The molecule has 224 valence electrons. The molecule has 2 aromatic heterocycles. The fourth-order valence-corrected chi connectivity index (χ4v) is 6.58. The van der Waals surface area contributed by atoms with Crippen LogP contribution in [0.3, 0.4) is 0 Å². The van der Waals surface area contributed by atoms with Crippen molar-refractivity contribution in [1.29, 1.82) is 0 Å². The maximum atomic E-state index is 14.2. The second-order valence-corrected chi connectivity index (χ2v) is 13.2. The summed E-state index contributed by atoms with van der Waals surface area (Å²) in [4.78, 5) is 38.0. The van der Waals surface area contributed by atoms with Gasteiger partial charge >= 0.3 is 11.9 Å². The zero-order valence-corrected chi connectivity index (χ0v) is 25.1. The number of unbranched alkanes of at least 4 members (excludes halogenated alkanes) is 3. The second kappa shape index (κ2) is 14.3. The minimum Gasteiger partial charge on any atom is -0.464 e. The minimum atomic E-state index is -3.68. The Morgan fingerprint density at radius 3 is 2.62 bits per heavy atom. The fourth-order valence-electron chi connectivity index (χ4n) is 4.19. The summed E-state index contributed by atoms with van der Waals surface area (Å²) >= 11 is 0. The van der Waals surface area contributed by atoms with E-state index in [1.165, 1.54) is 6.33 Å². The van der Waals surface area contributed by atoms with Gasteiger partial charge in [-0.15, -0.1) is 0 Å². The van der Waals surface area contributed by atoms with E-state index >= 15 is 0 Å². The first-order valence-corrected chi connectivity index (χ1v) is 15.9. The number of nitrogen functional groups attached to an aromatic ring is 1. The number of nitrogens with zero attached hydrogens (tertiary/aromatic N) is 4. The molecule has 1 aliphatic carbocycles. The molecule has 14 heteroatoms. The van der Waals surface area contributed by atoms with Gasteiger partial charge < -0.3 is 24.5 Å². The first-order chi connectivity index (χ1) is 18.9. The van der Waals surface area contributed by atoms with Crippen LogP contribution in [0.4, 0.5) is 5.82 Å². The van der Waals surface area contributed by atoms with Crippen LogP contribution in [0, 0.1) is 0 Å². The molecule has 3 atom stereocenters. The molecule has 40 heavy (non-hydrogen) atoms. The molecule has 1 fully saturated rings. The molecule has 1 aliphatic rings. The Kier molecular flexibility index (Phi) is 11.4. The van der Waals surface area contributed by atoms with Crippen LogP contribution in [-0.4, -0.2) is 68.2 Å². The Hall–Kier alpha value is -2.60. The quantitative estimate of drug-likeness (QED) is 0.141. The van der Waals surface area contributed by atoms with E-state index < -0.39 is 37.1 Å². The molecule has 13 nitrogen and oxygen atoms in total. The van der Waals surface area contributed by atoms with Crippen molar-refractivity contribution in [3.63, 3.8) is 0 Å². The van der Waals surface area contributed by atoms with E-state index in [-0.39, 0.29) is 24.9 Å². The number of imidazole rings is 1. The first-order valence-electron chi connectivity index (χ1n) is 14.0. The third-order valence-electron chi connectivity index (χ3n) is 6.72. The molecule has 0 spiro atoms. The van der Waals surface area contributed by atoms with Crippen molar-refractivity contribution in [2.24, 2.45) is 0 Å². The lowest BCUT2D eigenvalue weighted by atomic mass is 9.96. The van der Waals surface area contributed by atoms with Crippen molar-refractivity contribution in [1.82, 2.24) is 29.7 Å². The van der Waals surface area contributed by atoms with Gasteiger partial charge in [-0.1, -0.05) is 26.2 Å². The molecule has 0 bridgehead atoms. The summed E-state index contributed by atoms with van der Waals surface area (Å²) < 4.78 is 32.9. The van der Waals surface area contributed by atoms with Gasteiger partial charge in [-0.2, -0.15) is 0 Å². The number of ether oxygens (including phenoxy) is 3. The van der Waals surface area contributed by atoms with Gasteiger partial charge in [-0.05, 0) is 53.4 Å². The van der Waals surface area contributed by atoms with Gasteiger partial charge in [0.2, 0.25) is 7.44 Å². The number of hydrogen-bond acceptors (Lipinski definition) is 10. The molecular weight excluding hydrogens is 537 g/mol. The number of nitrogens with one attached hydrogen (secondary N) is 2. The summed E-state index contributed by atoms with van der Waals surface area (Å²) in [5.41, 5.74) is 5.60. The van der Waals surface area contributed by atoms with Crippen molar-refractivity contribution in [2.45, 2.75) is 110 Å². The molecule has 0 radical (unpaired) electrons. The van der Waals surface area contributed by atoms with Crippen LogP contribution in [0.2, 0.25) is 0 Å². The molecule has 4 N–H and O–H groups in total. The number of aromatic nitrogens is 4. The molecular formula is C26H44N7O6P. The SMILES string of the molecule is CCCCCCOC(=O)C(C)(C)NP(=O)(COC(C)Cn1cnc2c(N)ncnc21)NC(C)C(=O)OC1CCC1. The molecule has 1 saturated carbocycles. The van der Waals surface area contributed by atoms with E-state index in [0.717, 1.165) is 44.9 Å². The smallest absolute Gasteiger partial charge is 0.326 e. The summed E-state index contributed by atoms with van der Waals surface area (Å²) in [6, 6.07) is -0.893. The summed E-state index contributed by atoms with van der Waals surface area (Å²) in [6.45, 7) is 9.32. The molecule has 3 unspecified atom stereocenters. The van der Waals surface area contributed by atoms with E-state index in [4.69, 9.17) is 19.9 Å². The normalized spacial score (nSPS) is 17.1. The second-order valence-electron chi connectivity index (χ2n) is 10.9. The van der Waals surface area contributed by atoms with E-state index in [1.54, 1.807) is 31.7 Å². The van der Waals surface area contributed by atoms with Gasteiger partial charge in [0.15, 0.2) is 11.5 Å². The van der Waals surface area contributed by atoms with E-state index in [2.05, 4.69) is 32.1 Å². The largest absolute Gasteiger partial charge is 0.464 e. The van der Waals surface area contributed by atoms with Crippen LogP contribution in [0.5, 0.6) is 0 Å². The van der Waals surface area contributed by atoms with Gasteiger partial charge in [0.05, 0.1) is 25.6 Å². The van der Waals surface area contributed by atoms with Crippen LogP contribution >= 0.6 is 7.44 Å². The highest BCUT2D eigenvalue weighted by atomic mass is 31.2. The van der Waals surface area contributed by atoms with E-state index in [9.17, 15) is 14.2 Å². The van der Waals surface area contributed by atoms with Crippen LogP contribution in [-0.2, 0) is 34.9 Å². The maximum absolute atomic E-state index is 14.2. The Morgan fingerprint density at radius 1 is 1.20 bits per heavy atom. The topological polar surface area (TPSA) is 173 Å². The lowest BCUT2D eigenvalue weighted by molar-refractivity contribution is -0.154. The van der Waals surface area contributed by atoms with Gasteiger partial charge in [-0.25, -0.2) is 25.1 Å². The van der Waals surface area contributed by atoms with Crippen LogP contribution in [0.15, 0.2) is 12.7 Å². The predicted octanol–water partition coefficient (Wildman–Crippen LogP) is 3.53. The Bertz CT molecular complexity index is 1190. The van der Waals surface area contributed by atoms with Gasteiger partial charge in [-0.3, -0.25) is 14.2 Å². The maximum Gasteiger partial charge on any atom is 0.326 e. The zero-order chi connectivity index (χ0) is 29.3. The van der Waals surface area contributed by atoms with Crippen molar-refractivity contribution >= 4 is 36.4 Å². The summed E-state index contributed by atoms with van der Waals surface area (Å²) in [5, 5.41) is 5.79. The van der Waals surface area contributed by atoms with Gasteiger partial charge in [0.1, 0.15) is 35.9 Å². The number of rotatable bonds is 17. The summed E-state index contributed by atoms with van der Waals surface area (Å²) in [7, 11) is -3.68. The third-order valence-corrected chi connectivity index (χ3v) is 8.95. The highest BCUT2D eigenvalue weighted by Crippen LogP contribution is 2.40. The average molecular weight is 582 g/mol. The standard InChI is InChI=1S/C26H44N7O6P/c1-6-7-8-9-13-37-25(35)26(4,5)32-40(36,31-19(3)24(34)39-20-11-10-12-20)17-38-18(2)14-33-16-30-21-22(27)28-15-29-23(21)33/h15-16,18-20H,6-14,17H2,1-5H3,(H2,27,28,29)(H2,31,32,36). The Balaban J connectivity index is 1.66. The van der Waals surface area contributed by atoms with Crippen molar-refractivity contribution in [3.8, 4) is 0 Å². The number of nitrogens with two attached hydrogens (primary N) is 1. The average Bonchev–Trinajstić information content (AvgIpc) is 3.28. The van der Waals surface area contributed by atoms with Crippen LogP contribution in [0.1, 0.15) is 79.6 Å². The number of esters is 2. The van der Waals surface area contributed by atoms with Crippen molar-refractivity contribution in [3.05, 3.63) is 12.7 Å². The number of fused-ring (bicyclic) bond motifs is 1. The lowest BCUT2D eigenvalue weighted by Crippen LogP contribution is -2.50. The molecule has 0 amide bonds. The van der Waals surface area contributed by atoms with Gasteiger partial charge in [0.25, 0.3) is 0 Å². The molecule has 2 heterocycles. The van der Waals surface area contributed by atoms with Crippen molar-refractivity contribution in [2.75, 3.05) is 18.7 Å². The molecule has 0 aliphatic heterocycles. The minimum absolute atomic E-state index is 0.109. The van der Waals surface area contributed by atoms with Crippen molar-refractivity contribution < 1.29 is 28.4 Å². The summed E-state index contributed by atoms with van der Waals surface area (Å²) in [5.74, 6) is -0.762. The first kappa shape index (κ1) is 31.9. The number of carbonyl (C=O) groups is 2. The number of hydrogen-bond donors (Lipinski definition) is 3. The monoisotopic (exact) mass is 581 g/mol. The van der Waals surface area contributed by atoms with E-state index in [0.29, 0.717) is 17.7 Å². The third kappa shape index (κ3) is 8.95. The zero-order valence-electron chi connectivity index (χ0n) is 24.2. The van der Waals surface area contributed by atoms with Crippen LogP contribution in [0.25, 0.3) is 11.2 Å². The van der Waals surface area contributed by atoms with Gasteiger partial charge in [0, 0.05) is 0 Å². The van der Waals surface area contributed by atoms with E-state index in [1.807, 2.05) is 6.92 Å². The predicted molar refractivity (Wildman–Crippen MR) is 151 cm³/mol. The highest BCUT2D eigenvalue weighted by Gasteiger charge is 2.40. The number of carbonyl (C=O) groups excluding carboxylic acids is 2.